The molecule has 1 saturated carbocycles. The van der Waals surface area contributed by atoms with Crippen molar-refractivity contribution in [2.75, 3.05) is 23.3 Å². The quantitative estimate of drug-likeness (QED) is 0.0648. The van der Waals surface area contributed by atoms with Crippen LogP contribution < -0.4 is 25.6 Å². The fourth-order valence-electron chi connectivity index (χ4n) is 11.4. The highest BCUT2D eigenvalue weighted by Crippen LogP contribution is 2.39. The van der Waals surface area contributed by atoms with E-state index in [0.29, 0.717) is 84.1 Å². The van der Waals surface area contributed by atoms with Crippen LogP contribution in [0, 0.1) is 25.2 Å². The number of benzene rings is 4. The highest BCUT2D eigenvalue weighted by molar-refractivity contribution is 7.22. The number of aliphatic hydroxyl groups is 1. The van der Waals surface area contributed by atoms with E-state index < -0.39 is 59.5 Å². The Hall–Kier alpha value is -7.75. The van der Waals surface area contributed by atoms with Gasteiger partial charge in [0.2, 0.25) is 17.7 Å². The van der Waals surface area contributed by atoms with Crippen molar-refractivity contribution < 1.29 is 52.1 Å². The lowest BCUT2D eigenvalue weighted by Gasteiger charge is -2.36. The number of aryl methyl sites for hydroxylation is 1. The Bertz CT molecular complexity index is 3520. The smallest absolute Gasteiger partial charge is 0.412 e. The van der Waals surface area contributed by atoms with Crippen LogP contribution in [0.4, 0.5) is 24.1 Å². The summed E-state index contributed by atoms with van der Waals surface area (Å²) in [5, 5.41) is 29.8. The summed E-state index contributed by atoms with van der Waals surface area (Å²) in [5.74, 6) is -2.65. The largest absolute Gasteiger partial charge is 0.490 e. The molecule has 21 heteroatoms. The molecule has 1 saturated heterocycles. The fraction of sp³-hybridized carbons (Fsp3) is 0.377. The molecular formula is C61H63F3N8O8S2. The molecule has 4 aromatic carbocycles. The Morgan fingerprint density at radius 1 is 0.854 bits per heavy atom. The number of hydrogen-bond acceptors (Lipinski definition) is 13. The number of nitrogens with one attached hydrogen (secondary N) is 3. The van der Waals surface area contributed by atoms with E-state index in [-0.39, 0.29) is 48.6 Å². The first-order chi connectivity index (χ1) is 39.1. The van der Waals surface area contributed by atoms with Crippen LogP contribution in [0.3, 0.4) is 0 Å². The van der Waals surface area contributed by atoms with Crippen molar-refractivity contribution in [3.8, 4) is 27.3 Å². The normalized spacial score (nSPS) is 19.0. The molecule has 3 aliphatic rings. The zero-order chi connectivity index (χ0) is 58.2. The van der Waals surface area contributed by atoms with Gasteiger partial charge in [0.25, 0.3) is 5.91 Å². The average Bonchev–Trinajstić information content (AvgIpc) is 4.31. The number of pyridine rings is 1. The molecule has 10 rings (SSSR count). The number of rotatable bonds is 15. The minimum Gasteiger partial charge on any atom is -0.490 e. The van der Waals surface area contributed by atoms with Gasteiger partial charge in [-0.2, -0.15) is 13.2 Å². The number of β-amino-alcohol motifs (C(OH)–C–C–N with tert-alkyl or cyclic N) is 1. The number of carbonyl (C=O) groups excluding carboxylic acids is 4. The first-order valence-corrected chi connectivity index (χ1v) is 29.0. The summed E-state index contributed by atoms with van der Waals surface area (Å²) in [4.78, 5) is 85.9. The molecule has 7 aromatic rings. The number of carboxylic acids is 1. The number of carboxylic acid groups (broad SMARTS) is 1. The standard InChI is InChI=1S/C61H63F3N8O8S2/c1-33-41(42-24-25-49(67-51(42)58(78)79)71-27-26-36-10-8-12-43(44(36)31-71)55(75)70-59-66-45-13-6-7-15-48(45)82-59)11-9-14-47(33)80-40-22-16-35(17-23-40)28-50(74)68-54(60(3,4)5)57(77)72-30-39(73)29-46(72)56(76)69-53(61(62,63)64)38-20-18-37(19-21-38)52-34(2)65-32-81-52/h6-15,18-21,24-25,32,35,39-40,46,53-54,73H,16-17,22-23,26-31H2,1-5H3,(H,68,74)(H,69,76)(H,78,79)(H,66,70,75)/t35?,39-,40?,46+,53+,54-/m1/s1. The molecule has 3 aromatic heterocycles. The predicted molar refractivity (Wildman–Crippen MR) is 308 cm³/mol. The number of thiazole rings is 2. The Labute approximate surface area is 480 Å². The Kier molecular flexibility index (Phi) is 16.6. The number of aromatic carboxylic acids is 1. The Morgan fingerprint density at radius 2 is 1.60 bits per heavy atom. The molecule has 5 heterocycles. The van der Waals surface area contributed by atoms with Gasteiger partial charge in [-0.15, -0.1) is 11.3 Å². The van der Waals surface area contributed by atoms with Crippen molar-refractivity contribution in [2.45, 2.75) is 123 Å². The van der Waals surface area contributed by atoms with Crippen molar-refractivity contribution in [3.05, 3.63) is 142 Å². The van der Waals surface area contributed by atoms with Crippen molar-refractivity contribution >= 4 is 73.4 Å². The summed E-state index contributed by atoms with van der Waals surface area (Å²) < 4.78 is 51.4. The summed E-state index contributed by atoms with van der Waals surface area (Å²) in [5.41, 5.74) is 6.81. The van der Waals surface area contributed by atoms with Crippen LogP contribution in [0.1, 0.15) is 114 Å². The van der Waals surface area contributed by atoms with E-state index in [2.05, 4.69) is 25.9 Å². The first kappa shape index (κ1) is 57.5. The van der Waals surface area contributed by atoms with Gasteiger partial charge in [0.05, 0.1) is 38.5 Å². The van der Waals surface area contributed by atoms with Gasteiger partial charge < -0.3 is 35.4 Å². The molecule has 0 unspecified atom stereocenters. The van der Waals surface area contributed by atoms with Crippen LogP contribution in [0.25, 0.3) is 31.8 Å². The number of amides is 4. The van der Waals surface area contributed by atoms with Crippen LogP contribution in [0.5, 0.6) is 5.75 Å². The van der Waals surface area contributed by atoms with Crippen LogP contribution in [-0.2, 0) is 27.3 Å². The molecule has 0 bridgehead atoms. The number of likely N-dealkylation sites (tertiary alicyclic amines) is 1. The summed E-state index contributed by atoms with van der Waals surface area (Å²) in [6, 6.07) is 23.1. The van der Waals surface area contributed by atoms with Crippen LogP contribution in [0.2, 0.25) is 0 Å². The highest BCUT2D eigenvalue weighted by Gasteiger charge is 2.48. The van der Waals surface area contributed by atoms with Gasteiger partial charge in [-0.3, -0.25) is 24.5 Å². The number of carbonyl (C=O) groups is 5. The Balaban J connectivity index is 0.751. The number of para-hydroxylation sites is 1. The molecular weight excluding hydrogens is 1090 g/mol. The van der Waals surface area contributed by atoms with Crippen molar-refractivity contribution in [3.63, 3.8) is 0 Å². The third-order valence-corrected chi connectivity index (χ3v) is 17.7. The lowest BCUT2D eigenvalue weighted by Crippen LogP contribution is -2.58. The second kappa shape index (κ2) is 23.6. The number of ether oxygens (including phenoxy) is 1. The molecule has 82 heavy (non-hydrogen) atoms. The fourth-order valence-corrected chi connectivity index (χ4v) is 13.0. The molecule has 428 valence electrons. The van der Waals surface area contributed by atoms with E-state index in [1.54, 1.807) is 51.4 Å². The number of aromatic nitrogens is 3. The molecule has 0 spiro atoms. The minimum absolute atomic E-state index is 0.0567. The Morgan fingerprint density at radius 3 is 2.29 bits per heavy atom. The van der Waals surface area contributed by atoms with Gasteiger partial charge in [0, 0.05) is 43.6 Å². The molecule has 0 radical (unpaired) electrons. The molecule has 4 amide bonds. The van der Waals surface area contributed by atoms with E-state index >= 15 is 0 Å². The monoisotopic (exact) mass is 1160 g/mol. The highest BCUT2D eigenvalue weighted by atomic mass is 32.1. The summed E-state index contributed by atoms with van der Waals surface area (Å²) in [7, 11) is 0. The predicted octanol–water partition coefficient (Wildman–Crippen LogP) is 10.9. The van der Waals surface area contributed by atoms with Gasteiger partial charge in [0.1, 0.15) is 23.7 Å². The zero-order valence-electron chi connectivity index (χ0n) is 45.9. The maximum absolute atomic E-state index is 14.6. The molecule has 5 N–H and O–H groups in total. The van der Waals surface area contributed by atoms with E-state index in [0.717, 1.165) is 42.4 Å². The lowest BCUT2D eigenvalue weighted by atomic mass is 9.83. The number of hydrogen-bond donors (Lipinski definition) is 5. The molecule has 16 nitrogen and oxygen atoms in total. The summed E-state index contributed by atoms with van der Waals surface area (Å²) in [6.45, 7) is 9.49. The van der Waals surface area contributed by atoms with Gasteiger partial charge in [-0.1, -0.05) is 92.8 Å². The molecule has 4 atom stereocenters. The van der Waals surface area contributed by atoms with Crippen LogP contribution in [0.15, 0.2) is 103 Å². The summed E-state index contributed by atoms with van der Waals surface area (Å²) >= 11 is 2.76. The number of fused-ring (bicyclic) bond motifs is 2. The maximum atomic E-state index is 14.6. The van der Waals surface area contributed by atoms with E-state index in [1.807, 2.05) is 66.4 Å². The van der Waals surface area contributed by atoms with Gasteiger partial charge in [0.15, 0.2) is 16.9 Å². The number of alkyl halides is 3. The van der Waals surface area contributed by atoms with Crippen molar-refractivity contribution in [2.24, 2.45) is 11.3 Å². The van der Waals surface area contributed by atoms with E-state index in [1.165, 1.54) is 46.9 Å². The third-order valence-electron chi connectivity index (χ3n) is 15.7. The molecule has 1 aliphatic carbocycles. The number of nitrogens with zero attached hydrogens (tertiary/aromatic N) is 5. The van der Waals surface area contributed by atoms with Crippen LogP contribution >= 0.6 is 22.7 Å². The van der Waals surface area contributed by atoms with Crippen molar-refractivity contribution in [1.29, 1.82) is 0 Å². The average molecular weight is 1160 g/mol. The van der Waals surface area contributed by atoms with Gasteiger partial charge in [-0.05, 0) is 127 Å². The second-order valence-corrected chi connectivity index (χ2v) is 24.3. The topological polar surface area (TPSA) is 216 Å². The van der Waals surface area contributed by atoms with Gasteiger partial charge >= 0.3 is 12.1 Å². The summed E-state index contributed by atoms with van der Waals surface area (Å²) in [6.07, 6.45) is -3.36. The second-order valence-electron chi connectivity index (χ2n) is 22.5. The molecule has 2 fully saturated rings. The minimum atomic E-state index is -4.89. The number of anilines is 2. The molecule has 2 aliphatic heterocycles. The number of halogens is 3. The van der Waals surface area contributed by atoms with E-state index in [4.69, 9.17) is 9.72 Å². The zero-order valence-corrected chi connectivity index (χ0v) is 47.5. The maximum Gasteiger partial charge on any atom is 0.412 e. The number of aliphatic hydroxyl groups excluding tert-OH is 1. The lowest BCUT2D eigenvalue weighted by molar-refractivity contribution is -0.165. The van der Waals surface area contributed by atoms with Crippen LogP contribution in [-0.4, -0.2) is 103 Å². The van der Waals surface area contributed by atoms with E-state index in [9.17, 15) is 47.4 Å². The SMILES string of the molecule is Cc1ncsc1-c1ccc([C@H](NC(=O)[C@@H]2C[C@@H](O)CN2C(=O)[C@@H](NC(=O)CC2CCC(Oc3cccc(-c4ccc(N5CCc6cccc(C(=O)Nc7nc8ccccc8s7)c6C5)nc4C(=O)O)c3C)CC2)C(C)(C)C)C(F)(F)F)cc1. The third kappa shape index (κ3) is 12.5. The first-order valence-electron chi connectivity index (χ1n) is 27.3. The van der Waals surface area contributed by atoms with Crippen molar-refractivity contribution in [1.82, 2.24) is 30.5 Å². The van der Waals surface area contributed by atoms with Gasteiger partial charge in [-0.25, -0.2) is 19.7 Å².